The van der Waals surface area contributed by atoms with Gasteiger partial charge in [-0.3, -0.25) is 14.4 Å². The van der Waals surface area contributed by atoms with Crippen molar-refractivity contribution in [3.8, 4) is 0 Å². The lowest BCUT2D eigenvalue weighted by molar-refractivity contribution is -0.175. The molecule has 0 spiro atoms. The number of nitrogens with one attached hydrogen (secondary N) is 2. The van der Waals surface area contributed by atoms with Crippen LogP contribution in [0.3, 0.4) is 0 Å². The quantitative estimate of drug-likeness (QED) is 0.426. The van der Waals surface area contributed by atoms with Gasteiger partial charge in [0.05, 0.1) is 0 Å². The molecule has 30 heavy (non-hydrogen) atoms. The number of unbranched alkanes of at least 4 members (excludes halogenated alkanes) is 1. The molecule has 2 fully saturated rings. The normalized spacial score (nSPS) is 30.7. The number of rotatable bonds is 10. The predicted molar refractivity (Wildman–Crippen MR) is 106 cm³/mol. The van der Waals surface area contributed by atoms with Crippen molar-refractivity contribution in [1.29, 1.82) is 0 Å². The number of carboxylic acid groups (broad SMARTS) is 1. The lowest BCUT2D eigenvalue weighted by atomic mass is 10.00. The van der Waals surface area contributed by atoms with Gasteiger partial charge in [-0.25, -0.2) is 0 Å². The number of likely N-dealkylation sites (N-methyl/N-ethyl adjacent to an activating group) is 1. The molecule has 10 heteroatoms. The van der Waals surface area contributed by atoms with Crippen molar-refractivity contribution < 1.29 is 38.4 Å². The molecule has 2 rings (SSSR count). The van der Waals surface area contributed by atoms with Gasteiger partial charge in [-0.15, -0.1) is 0 Å². The number of Topliss-reactive ketones (excluding diaryl/α,β-unsaturated/α-hetero) is 1. The van der Waals surface area contributed by atoms with Gasteiger partial charge in [-0.05, 0) is 60.9 Å². The molecule has 1 amide bonds. The van der Waals surface area contributed by atoms with Crippen LogP contribution in [0.1, 0.15) is 53.9 Å². The zero-order chi connectivity index (χ0) is 22.7. The zero-order valence-corrected chi connectivity index (χ0v) is 18.5. The third-order valence-corrected chi connectivity index (χ3v) is 5.11. The molecule has 2 heterocycles. The van der Waals surface area contributed by atoms with Gasteiger partial charge in [0.25, 0.3) is 5.91 Å². The topological polar surface area (TPSA) is 132 Å². The number of carboxylic acids is 1. The van der Waals surface area contributed by atoms with Crippen molar-refractivity contribution in [2.75, 3.05) is 13.6 Å². The van der Waals surface area contributed by atoms with E-state index in [-0.39, 0.29) is 11.7 Å². The van der Waals surface area contributed by atoms with Crippen molar-refractivity contribution in [3.63, 3.8) is 0 Å². The maximum absolute atomic E-state index is 12.8. The van der Waals surface area contributed by atoms with Gasteiger partial charge in [0.1, 0.15) is 24.4 Å². The molecule has 0 aromatic rings. The van der Waals surface area contributed by atoms with Crippen molar-refractivity contribution in [2.45, 2.75) is 95.9 Å². The molecule has 1 unspecified atom stereocenters. The van der Waals surface area contributed by atoms with Crippen LogP contribution in [-0.2, 0) is 33.3 Å². The van der Waals surface area contributed by atoms with Gasteiger partial charge < -0.3 is 34.7 Å². The highest BCUT2D eigenvalue weighted by atomic mass is 16.8. The molecule has 0 aliphatic carbocycles. The Labute approximate surface area is 176 Å². The minimum atomic E-state index is -1.02. The van der Waals surface area contributed by atoms with Gasteiger partial charge in [-0.1, -0.05) is 0 Å². The number of ketones is 1. The summed E-state index contributed by atoms with van der Waals surface area (Å²) in [6.07, 6.45) is -1.69. The van der Waals surface area contributed by atoms with Crippen LogP contribution in [0.15, 0.2) is 0 Å². The molecule has 172 valence electrons. The number of carbonyl (C=O) groups excluding carboxylic acids is 2. The summed E-state index contributed by atoms with van der Waals surface area (Å²) in [6, 6.07) is -0.608. The van der Waals surface area contributed by atoms with Gasteiger partial charge in [0.2, 0.25) is 0 Å². The zero-order valence-electron chi connectivity index (χ0n) is 18.5. The van der Waals surface area contributed by atoms with Crippen LogP contribution in [-0.4, -0.2) is 78.4 Å². The minimum absolute atomic E-state index is 0.212. The van der Waals surface area contributed by atoms with Crippen LogP contribution >= 0.6 is 0 Å². The first-order chi connectivity index (χ1) is 13.9. The molecule has 3 N–H and O–H groups in total. The Morgan fingerprint density at radius 1 is 0.933 bits per heavy atom. The predicted octanol–water partition coefficient (Wildman–Crippen LogP) is 0.575. The fourth-order valence-corrected chi connectivity index (χ4v) is 3.75. The Balaban J connectivity index is 1.96. The first kappa shape index (κ1) is 24.7. The lowest BCUT2D eigenvalue weighted by Gasteiger charge is -2.25. The summed E-state index contributed by atoms with van der Waals surface area (Å²) in [4.78, 5) is 35.9. The summed E-state index contributed by atoms with van der Waals surface area (Å²) in [5.74, 6) is -3.48. The monoisotopic (exact) mass is 430 g/mol. The van der Waals surface area contributed by atoms with E-state index in [4.69, 9.17) is 24.1 Å². The first-order valence-electron chi connectivity index (χ1n) is 10.3. The third-order valence-electron chi connectivity index (χ3n) is 5.11. The van der Waals surface area contributed by atoms with E-state index < -0.39 is 48.0 Å². The van der Waals surface area contributed by atoms with Crippen LogP contribution in [0.4, 0.5) is 0 Å². The number of hydrogen-bond donors (Lipinski definition) is 3. The molecule has 0 saturated carbocycles. The van der Waals surface area contributed by atoms with Crippen molar-refractivity contribution >= 4 is 17.7 Å². The number of amides is 1. The fourth-order valence-electron chi connectivity index (χ4n) is 3.75. The van der Waals surface area contributed by atoms with Crippen LogP contribution in [0.25, 0.3) is 0 Å². The van der Waals surface area contributed by atoms with Gasteiger partial charge in [0.15, 0.2) is 23.5 Å². The van der Waals surface area contributed by atoms with Crippen molar-refractivity contribution in [1.82, 2.24) is 10.6 Å². The molecule has 2 aliphatic rings. The van der Waals surface area contributed by atoms with E-state index in [1.54, 1.807) is 34.7 Å². The average Bonchev–Trinajstić information content (AvgIpc) is 3.13. The lowest BCUT2D eigenvalue weighted by Crippen LogP contribution is -2.50. The van der Waals surface area contributed by atoms with E-state index in [0.29, 0.717) is 25.8 Å². The summed E-state index contributed by atoms with van der Waals surface area (Å²) >= 11 is 0. The molecule has 0 bridgehead atoms. The fraction of sp³-hybridized carbons (Fsp3) is 0.850. The Kier molecular flexibility index (Phi) is 7.97. The molecule has 2 aliphatic heterocycles. The number of hydrogen-bond acceptors (Lipinski definition) is 8. The van der Waals surface area contributed by atoms with Crippen molar-refractivity contribution in [3.05, 3.63) is 0 Å². The minimum Gasteiger partial charge on any atom is -0.480 e. The summed E-state index contributed by atoms with van der Waals surface area (Å²) in [5.41, 5.74) is 0. The molecule has 10 nitrogen and oxygen atoms in total. The summed E-state index contributed by atoms with van der Waals surface area (Å²) in [5, 5.41) is 14.6. The maximum Gasteiger partial charge on any atom is 0.320 e. The van der Waals surface area contributed by atoms with E-state index in [9.17, 15) is 14.4 Å². The Hall–Kier alpha value is -1.59. The van der Waals surface area contributed by atoms with Gasteiger partial charge >= 0.3 is 5.97 Å². The van der Waals surface area contributed by atoms with E-state index in [1.165, 1.54) is 6.92 Å². The molecule has 0 aromatic carbocycles. The van der Waals surface area contributed by atoms with Crippen LogP contribution in [0, 0.1) is 0 Å². The largest absolute Gasteiger partial charge is 0.480 e. The van der Waals surface area contributed by atoms with E-state index >= 15 is 0 Å². The smallest absolute Gasteiger partial charge is 0.320 e. The maximum atomic E-state index is 12.8. The second kappa shape index (κ2) is 9.69. The third kappa shape index (κ3) is 6.21. The van der Waals surface area contributed by atoms with Crippen LogP contribution in [0.2, 0.25) is 0 Å². The second-order valence-corrected chi connectivity index (χ2v) is 8.62. The van der Waals surface area contributed by atoms with E-state index in [1.807, 2.05) is 0 Å². The summed E-state index contributed by atoms with van der Waals surface area (Å²) in [6.45, 7) is 8.57. The number of carbonyl (C=O) groups is 3. The molecule has 0 radical (unpaired) electrons. The molecule has 0 aromatic heterocycles. The van der Waals surface area contributed by atoms with Crippen molar-refractivity contribution in [2.24, 2.45) is 0 Å². The SMILES string of the molecule is CNC(CCCCNC(=O)[C@H]1OC(C)(C)O[C@@H]1[C@@H]1OC(C)(C)O[C@H]1C(C)=O)C(=O)O. The molecule has 5 atom stereocenters. The summed E-state index contributed by atoms with van der Waals surface area (Å²) < 4.78 is 23.3. The van der Waals surface area contributed by atoms with Gasteiger partial charge in [-0.2, -0.15) is 0 Å². The second-order valence-electron chi connectivity index (χ2n) is 8.62. The molecule has 2 saturated heterocycles. The molecular weight excluding hydrogens is 396 g/mol. The van der Waals surface area contributed by atoms with E-state index in [0.717, 1.165) is 0 Å². The number of ether oxygens (including phenoxy) is 4. The standard InChI is InChI=1S/C20H34N2O8/c1-11(23)13-14(28-19(2,3)27-13)15-16(30-20(4,5)29-15)17(24)22-10-8-7-9-12(21-6)18(25)26/h12-16,21H,7-10H2,1-6H3,(H,22,24)(H,25,26)/t12?,13-,14+,15+,16-/m0/s1. The van der Waals surface area contributed by atoms with Crippen LogP contribution in [0.5, 0.6) is 0 Å². The molecular formula is C20H34N2O8. The Morgan fingerprint density at radius 2 is 1.47 bits per heavy atom. The Bertz CT molecular complexity index is 651. The summed E-state index contributed by atoms with van der Waals surface area (Å²) in [7, 11) is 1.60. The Morgan fingerprint density at radius 3 is 1.97 bits per heavy atom. The van der Waals surface area contributed by atoms with Gasteiger partial charge in [0, 0.05) is 6.54 Å². The first-order valence-corrected chi connectivity index (χ1v) is 10.3. The average molecular weight is 430 g/mol. The van der Waals surface area contributed by atoms with Crippen LogP contribution < -0.4 is 10.6 Å². The highest BCUT2D eigenvalue weighted by Gasteiger charge is 2.56. The van der Waals surface area contributed by atoms with E-state index in [2.05, 4.69) is 10.6 Å². The number of aliphatic carboxylic acids is 1. The highest BCUT2D eigenvalue weighted by Crippen LogP contribution is 2.38. The highest BCUT2D eigenvalue weighted by molar-refractivity contribution is 5.84.